The minimum Gasteiger partial charge on any atom is -0.332 e. The molecule has 6 nitrogen and oxygen atoms in total. The van der Waals surface area contributed by atoms with Crippen LogP contribution in [0.15, 0.2) is 12.3 Å². The Balaban J connectivity index is 1.88. The van der Waals surface area contributed by atoms with E-state index in [2.05, 4.69) is 20.4 Å². The van der Waals surface area contributed by atoms with Crippen LogP contribution in [0.5, 0.6) is 0 Å². The fourth-order valence-electron chi connectivity index (χ4n) is 1.95. The van der Waals surface area contributed by atoms with E-state index in [9.17, 15) is 13.6 Å². The largest absolute Gasteiger partial charge is 0.332 e. The van der Waals surface area contributed by atoms with Gasteiger partial charge >= 0.3 is 0 Å². The van der Waals surface area contributed by atoms with Crippen molar-refractivity contribution in [3.63, 3.8) is 0 Å². The molecule has 0 spiro atoms. The summed E-state index contributed by atoms with van der Waals surface area (Å²) in [6.45, 7) is -0.481. The Morgan fingerprint density at radius 3 is 3.00 bits per heavy atom. The second kappa shape index (κ2) is 3.69. The molecule has 0 atom stereocenters. The van der Waals surface area contributed by atoms with Crippen molar-refractivity contribution in [1.82, 2.24) is 25.3 Å². The summed E-state index contributed by atoms with van der Waals surface area (Å²) in [6, 6.07) is 1.49. The second-order valence-electron chi connectivity index (χ2n) is 4.22. The van der Waals surface area contributed by atoms with Crippen molar-refractivity contribution >= 4 is 17.1 Å². The minimum absolute atomic E-state index is 0.0582. The monoisotopic (exact) mass is 253 g/mol. The average molecular weight is 253 g/mol. The first-order valence-corrected chi connectivity index (χ1v) is 5.39. The van der Waals surface area contributed by atoms with Gasteiger partial charge in [0.15, 0.2) is 0 Å². The molecular weight excluding hydrogens is 244 g/mol. The van der Waals surface area contributed by atoms with E-state index < -0.39 is 18.4 Å². The topological polar surface area (TPSA) is 74.8 Å². The fraction of sp³-hybridized carbons (Fsp3) is 0.400. The molecule has 94 valence electrons. The van der Waals surface area contributed by atoms with Crippen LogP contribution < -0.4 is 0 Å². The molecule has 3 heterocycles. The van der Waals surface area contributed by atoms with Crippen LogP contribution in [0.2, 0.25) is 0 Å². The summed E-state index contributed by atoms with van der Waals surface area (Å²) in [4.78, 5) is 17.1. The lowest BCUT2D eigenvalue weighted by atomic mass is 10.2. The number of amides is 1. The Labute approximate surface area is 100.0 Å². The summed E-state index contributed by atoms with van der Waals surface area (Å²) < 4.78 is 26.1. The van der Waals surface area contributed by atoms with Gasteiger partial charge in [0.1, 0.15) is 5.52 Å². The van der Waals surface area contributed by atoms with Gasteiger partial charge < -0.3 is 4.90 Å². The number of aromatic amines is 1. The molecule has 3 rings (SSSR count). The number of aromatic nitrogens is 4. The van der Waals surface area contributed by atoms with E-state index in [0.717, 1.165) is 4.90 Å². The zero-order valence-electron chi connectivity index (χ0n) is 9.23. The third-order valence-electron chi connectivity index (χ3n) is 2.88. The number of carbonyl (C=O) groups excluding carboxylic acids is 1. The van der Waals surface area contributed by atoms with Crippen molar-refractivity contribution in [3.8, 4) is 0 Å². The molecule has 1 fully saturated rings. The smallest absolute Gasteiger partial charge is 0.267 e. The molecule has 18 heavy (non-hydrogen) atoms. The van der Waals surface area contributed by atoms with Gasteiger partial charge in [0.05, 0.1) is 12.1 Å². The van der Waals surface area contributed by atoms with Gasteiger partial charge in [-0.25, -0.2) is 13.8 Å². The normalized spacial score (nSPS) is 18.4. The third-order valence-corrected chi connectivity index (χ3v) is 2.88. The van der Waals surface area contributed by atoms with Crippen LogP contribution in [0.3, 0.4) is 0 Å². The van der Waals surface area contributed by atoms with Crippen molar-refractivity contribution in [1.29, 1.82) is 0 Å². The van der Waals surface area contributed by atoms with Gasteiger partial charge in [-0.05, 0) is 6.07 Å². The third kappa shape index (κ3) is 1.79. The van der Waals surface area contributed by atoms with E-state index in [1.165, 1.54) is 12.3 Å². The predicted octanol–water partition coefficient (Wildman–Crippen LogP) is 0.834. The molecule has 2 aromatic rings. The van der Waals surface area contributed by atoms with Crippen molar-refractivity contribution in [2.24, 2.45) is 0 Å². The van der Waals surface area contributed by atoms with Crippen molar-refractivity contribution in [2.75, 3.05) is 13.1 Å². The number of nitrogens with one attached hydrogen (secondary N) is 1. The summed E-state index contributed by atoms with van der Waals surface area (Å²) in [6.07, 6.45) is 1.03. The summed E-state index contributed by atoms with van der Waals surface area (Å²) in [7, 11) is 0. The lowest BCUT2D eigenvalue weighted by Crippen LogP contribution is -2.31. The molecule has 2 aromatic heterocycles. The van der Waals surface area contributed by atoms with E-state index in [-0.39, 0.29) is 18.5 Å². The van der Waals surface area contributed by atoms with Crippen molar-refractivity contribution in [3.05, 3.63) is 17.8 Å². The molecule has 1 amide bonds. The van der Waals surface area contributed by atoms with Crippen LogP contribution in [-0.4, -0.2) is 50.2 Å². The van der Waals surface area contributed by atoms with Gasteiger partial charge in [0.25, 0.3) is 11.8 Å². The number of alkyl halides is 2. The van der Waals surface area contributed by atoms with Crippen molar-refractivity contribution in [2.45, 2.75) is 12.3 Å². The lowest BCUT2D eigenvalue weighted by Gasteiger charge is -2.15. The Kier molecular flexibility index (Phi) is 2.25. The van der Waals surface area contributed by atoms with Crippen LogP contribution >= 0.6 is 0 Å². The summed E-state index contributed by atoms with van der Waals surface area (Å²) in [5, 5.41) is 9.93. The van der Waals surface area contributed by atoms with Gasteiger partial charge in [-0.1, -0.05) is 0 Å². The first kappa shape index (κ1) is 11.0. The molecule has 0 aliphatic carbocycles. The highest BCUT2D eigenvalue weighted by Crippen LogP contribution is 2.27. The first-order valence-electron chi connectivity index (χ1n) is 5.39. The number of fused-ring (bicyclic) bond motifs is 1. The maximum Gasteiger partial charge on any atom is 0.267 e. The molecule has 1 N–H and O–H groups in total. The summed E-state index contributed by atoms with van der Waals surface area (Å²) in [5.74, 6) is -3.24. The van der Waals surface area contributed by atoms with E-state index >= 15 is 0 Å². The predicted molar refractivity (Wildman–Crippen MR) is 57.2 cm³/mol. The minimum atomic E-state index is -2.79. The lowest BCUT2D eigenvalue weighted by molar-refractivity contribution is 0.0120. The molecular formula is C10H9F2N5O. The molecule has 0 bridgehead atoms. The first-order chi connectivity index (χ1) is 8.55. The van der Waals surface area contributed by atoms with Crippen LogP contribution in [0.25, 0.3) is 11.2 Å². The number of pyridine rings is 1. The standard InChI is InChI=1S/C10H9F2N5O/c11-10(12)1-2-17(5-10)9(18)6-3-7-8(13-4-6)15-16-14-7/h3-4H,1-2,5H2,(H,13,14,15,16). The van der Waals surface area contributed by atoms with Gasteiger partial charge in [-0.2, -0.15) is 10.3 Å². The molecule has 1 saturated heterocycles. The molecule has 0 aromatic carbocycles. The van der Waals surface area contributed by atoms with Crippen LogP contribution in [0, 0.1) is 0 Å². The summed E-state index contributed by atoms with van der Waals surface area (Å²) in [5.41, 5.74) is 1.07. The van der Waals surface area contributed by atoms with Crippen LogP contribution in [0.1, 0.15) is 16.8 Å². The van der Waals surface area contributed by atoms with Crippen LogP contribution in [-0.2, 0) is 0 Å². The number of hydrogen-bond acceptors (Lipinski definition) is 4. The number of hydrogen-bond donors (Lipinski definition) is 1. The van der Waals surface area contributed by atoms with E-state index in [1.807, 2.05) is 0 Å². The highest BCUT2D eigenvalue weighted by molar-refractivity contribution is 5.96. The van der Waals surface area contributed by atoms with Gasteiger partial charge in [0.2, 0.25) is 5.65 Å². The molecule has 1 aliphatic rings. The second-order valence-corrected chi connectivity index (χ2v) is 4.22. The average Bonchev–Trinajstić information content (AvgIpc) is 2.93. The van der Waals surface area contributed by atoms with E-state index in [4.69, 9.17) is 0 Å². The van der Waals surface area contributed by atoms with Crippen LogP contribution in [0.4, 0.5) is 8.78 Å². The van der Waals surface area contributed by atoms with Gasteiger partial charge in [0, 0.05) is 19.2 Å². The highest BCUT2D eigenvalue weighted by atomic mass is 19.3. The maximum atomic E-state index is 13.0. The zero-order chi connectivity index (χ0) is 12.8. The highest BCUT2D eigenvalue weighted by Gasteiger charge is 2.40. The Bertz CT molecular complexity index is 611. The SMILES string of the molecule is O=C(c1cnc2n[nH]nc2c1)N1CCC(F)(F)C1. The number of nitrogens with zero attached hydrogens (tertiary/aromatic N) is 4. The number of halogens is 2. The Morgan fingerprint density at radius 1 is 1.44 bits per heavy atom. The Morgan fingerprint density at radius 2 is 2.28 bits per heavy atom. The van der Waals surface area contributed by atoms with E-state index in [0.29, 0.717) is 11.2 Å². The number of carbonyl (C=O) groups is 1. The van der Waals surface area contributed by atoms with E-state index in [1.54, 1.807) is 0 Å². The molecule has 0 unspecified atom stereocenters. The van der Waals surface area contributed by atoms with Crippen molar-refractivity contribution < 1.29 is 13.6 Å². The molecule has 0 radical (unpaired) electrons. The fourth-order valence-corrected chi connectivity index (χ4v) is 1.95. The Hall–Kier alpha value is -2.12. The van der Waals surface area contributed by atoms with Gasteiger partial charge in [-0.3, -0.25) is 4.79 Å². The quantitative estimate of drug-likeness (QED) is 0.817. The number of likely N-dealkylation sites (tertiary alicyclic amines) is 1. The molecule has 1 aliphatic heterocycles. The zero-order valence-corrected chi connectivity index (χ0v) is 9.23. The number of rotatable bonds is 1. The summed E-state index contributed by atoms with van der Waals surface area (Å²) >= 11 is 0. The number of H-pyrrole nitrogens is 1. The maximum absolute atomic E-state index is 13.0. The van der Waals surface area contributed by atoms with Gasteiger partial charge in [-0.15, -0.1) is 5.10 Å². The molecule has 8 heteroatoms. The molecule has 0 saturated carbocycles.